The van der Waals surface area contributed by atoms with Gasteiger partial charge in [-0.05, 0) is 37.2 Å². The number of hydrogen-bond donors (Lipinski definition) is 0. The Hall–Kier alpha value is -2.96. The molecule has 0 N–H and O–H groups in total. The number of carbonyl (C=O) groups excluding carboxylic acids is 1. The van der Waals surface area contributed by atoms with Crippen molar-refractivity contribution in [2.75, 3.05) is 33.8 Å². The van der Waals surface area contributed by atoms with Crippen molar-refractivity contribution in [3.8, 4) is 0 Å². The fourth-order valence-electron chi connectivity index (χ4n) is 4.25. The van der Waals surface area contributed by atoms with E-state index in [0.717, 1.165) is 16.5 Å². The topological polar surface area (TPSA) is 54.8 Å². The summed E-state index contributed by atoms with van der Waals surface area (Å²) < 4.78 is 7.63. The minimum absolute atomic E-state index is 0.176. The number of morpholine rings is 1. The van der Waals surface area contributed by atoms with Gasteiger partial charge in [0.25, 0.3) is 11.5 Å². The maximum absolute atomic E-state index is 13.7. The van der Waals surface area contributed by atoms with Crippen LogP contribution < -0.4 is 5.56 Å². The summed E-state index contributed by atoms with van der Waals surface area (Å²) in [4.78, 5) is 30.6. The highest BCUT2D eigenvalue weighted by atomic mass is 16.5. The first-order valence-electron chi connectivity index (χ1n) is 10.2. The third kappa shape index (κ3) is 3.76. The number of pyridine rings is 1. The van der Waals surface area contributed by atoms with E-state index < -0.39 is 0 Å². The zero-order chi connectivity index (χ0) is 21.3. The standard InChI is InChI=1S/C24H27N3O3/c1-25(2)16-21-22(17-9-5-4-6-10-17)27(13-14-30-21)24(29)19-15-18-11-7-8-12-20(18)26(3)23(19)28/h4-12,15,21-22H,13-14,16H2,1-3H3/t21-,22-/m0/s1. The van der Waals surface area contributed by atoms with Crippen molar-refractivity contribution in [3.63, 3.8) is 0 Å². The molecule has 0 unspecified atom stereocenters. The van der Waals surface area contributed by atoms with Crippen LogP contribution in [0.3, 0.4) is 0 Å². The monoisotopic (exact) mass is 405 g/mol. The predicted molar refractivity (Wildman–Crippen MR) is 118 cm³/mol. The van der Waals surface area contributed by atoms with Gasteiger partial charge in [0, 0.05) is 20.1 Å². The van der Waals surface area contributed by atoms with Gasteiger partial charge in [-0.3, -0.25) is 9.59 Å². The van der Waals surface area contributed by atoms with Gasteiger partial charge in [0.1, 0.15) is 5.56 Å². The number of amides is 1. The van der Waals surface area contributed by atoms with Gasteiger partial charge in [-0.2, -0.15) is 0 Å². The Bertz CT molecular complexity index is 1110. The van der Waals surface area contributed by atoms with E-state index in [9.17, 15) is 9.59 Å². The largest absolute Gasteiger partial charge is 0.373 e. The third-order valence-electron chi connectivity index (χ3n) is 5.66. The molecule has 2 heterocycles. The Morgan fingerprint density at radius 2 is 1.80 bits per heavy atom. The normalized spacial score (nSPS) is 19.4. The van der Waals surface area contributed by atoms with Crippen LogP contribution in [0.15, 0.2) is 65.5 Å². The van der Waals surface area contributed by atoms with Gasteiger partial charge in [-0.25, -0.2) is 0 Å². The lowest BCUT2D eigenvalue weighted by molar-refractivity contribution is -0.0685. The molecule has 0 radical (unpaired) electrons. The second-order valence-corrected chi connectivity index (χ2v) is 8.01. The van der Waals surface area contributed by atoms with Crippen LogP contribution in [0, 0.1) is 0 Å². The Morgan fingerprint density at radius 1 is 1.10 bits per heavy atom. The second-order valence-electron chi connectivity index (χ2n) is 8.01. The minimum atomic E-state index is -0.277. The van der Waals surface area contributed by atoms with Gasteiger partial charge in [0.15, 0.2) is 0 Å². The molecule has 1 amide bonds. The molecule has 4 rings (SSSR count). The van der Waals surface area contributed by atoms with E-state index in [4.69, 9.17) is 4.74 Å². The van der Waals surface area contributed by atoms with E-state index in [1.54, 1.807) is 22.6 Å². The van der Waals surface area contributed by atoms with Crippen LogP contribution in [0.1, 0.15) is 22.0 Å². The number of aryl methyl sites for hydroxylation is 1. The first kappa shape index (κ1) is 20.3. The molecule has 6 nitrogen and oxygen atoms in total. The molecular formula is C24H27N3O3. The van der Waals surface area contributed by atoms with Crippen LogP contribution >= 0.6 is 0 Å². The minimum Gasteiger partial charge on any atom is -0.373 e. The molecule has 1 aromatic heterocycles. The number of para-hydroxylation sites is 1. The van der Waals surface area contributed by atoms with Crippen LogP contribution in [0.25, 0.3) is 10.9 Å². The lowest BCUT2D eigenvalue weighted by Crippen LogP contribution is -2.52. The zero-order valence-corrected chi connectivity index (χ0v) is 17.6. The molecule has 0 spiro atoms. The van der Waals surface area contributed by atoms with Crippen LogP contribution in [-0.2, 0) is 11.8 Å². The fraction of sp³-hybridized carbons (Fsp3) is 0.333. The number of carbonyl (C=O) groups is 1. The average Bonchev–Trinajstić information content (AvgIpc) is 2.76. The Morgan fingerprint density at radius 3 is 2.53 bits per heavy atom. The molecule has 30 heavy (non-hydrogen) atoms. The van der Waals surface area contributed by atoms with Gasteiger partial charge in [0.2, 0.25) is 0 Å². The first-order valence-corrected chi connectivity index (χ1v) is 10.2. The second kappa shape index (κ2) is 8.42. The Balaban J connectivity index is 1.79. The van der Waals surface area contributed by atoms with Crippen LogP contribution in [0.2, 0.25) is 0 Å². The molecule has 0 aliphatic carbocycles. The van der Waals surface area contributed by atoms with E-state index >= 15 is 0 Å². The van der Waals surface area contributed by atoms with Crippen molar-refractivity contribution in [1.82, 2.24) is 14.4 Å². The predicted octanol–water partition coefficient (Wildman–Crippen LogP) is 2.68. The van der Waals surface area contributed by atoms with Crippen molar-refractivity contribution < 1.29 is 9.53 Å². The SMILES string of the molecule is CN(C)C[C@@H]1OCCN(C(=O)c2cc3ccccc3n(C)c2=O)[C@H]1c1ccccc1. The van der Waals surface area contributed by atoms with Crippen LogP contribution in [0.4, 0.5) is 0 Å². The van der Waals surface area contributed by atoms with Crippen molar-refractivity contribution in [2.24, 2.45) is 7.05 Å². The van der Waals surface area contributed by atoms with E-state index in [1.165, 1.54) is 0 Å². The number of fused-ring (bicyclic) bond motifs is 1. The number of nitrogens with zero attached hydrogens (tertiary/aromatic N) is 3. The Labute approximate surface area is 176 Å². The zero-order valence-electron chi connectivity index (χ0n) is 17.6. The molecule has 1 aliphatic rings. The quantitative estimate of drug-likeness (QED) is 0.670. The average molecular weight is 405 g/mol. The van der Waals surface area contributed by atoms with Gasteiger partial charge in [0.05, 0.1) is 24.3 Å². The summed E-state index contributed by atoms with van der Waals surface area (Å²) >= 11 is 0. The maximum atomic E-state index is 13.7. The molecule has 6 heteroatoms. The van der Waals surface area contributed by atoms with Crippen molar-refractivity contribution >= 4 is 16.8 Å². The lowest BCUT2D eigenvalue weighted by Gasteiger charge is -2.42. The third-order valence-corrected chi connectivity index (χ3v) is 5.66. The van der Waals surface area contributed by atoms with E-state index in [-0.39, 0.29) is 29.2 Å². The molecule has 3 aromatic rings. The molecule has 1 aliphatic heterocycles. The number of hydrogen-bond acceptors (Lipinski definition) is 4. The van der Waals surface area contributed by atoms with Crippen molar-refractivity contribution in [2.45, 2.75) is 12.1 Å². The highest BCUT2D eigenvalue weighted by Gasteiger charge is 2.37. The summed E-state index contributed by atoms with van der Waals surface area (Å²) in [5, 5.41) is 0.873. The molecule has 1 fully saturated rings. The molecule has 2 aromatic carbocycles. The molecule has 0 saturated carbocycles. The summed E-state index contributed by atoms with van der Waals surface area (Å²) in [6, 6.07) is 19.0. The van der Waals surface area contributed by atoms with Crippen molar-refractivity contribution in [3.05, 3.63) is 82.1 Å². The van der Waals surface area contributed by atoms with E-state index in [1.807, 2.05) is 68.7 Å². The molecule has 0 bridgehead atoms. The Kier molecular flexibility index (Phi) is 5.70. The summed E-state index contributed by atoms with van der Waals surface area (Å²) in [7, 11) is 5.70. The summed E-state index contributed by atoms with van der Waals surface area (Å²) in [5.41, 5.74) is 1.74. The van der Waals surface area contributed by atoms with Crippen molar-refractivity contribution in [1.29, 1.82) is 0 Å². The molecule has 1 saturated heterocycles. The van der Waals surface area contributed by atoms with Crippen LogP contribution in [-0.4, -0.2) is 60.2 Å². The summed E-state index contributed by atoms with van der Waals surface area (Å²) in [6.45, 7) is 1.57. The van der Waals surface area contributed by atoms with Gasteiger partial charge >= 0.3 is 0 Å². The van der Waals surface area contributed by atoms with E-state index in [0.29, 0.717) is 19.7 Å². The number of ether oxygens (including phenoxy) is 1. The number of likely N-dealkylation sites (N-methyl/N-ethyl adjacent to an activating group) is 1. The summed E-state index contributed by atoms with van der Waals surface area (Å²) in [6.07, 6.45) is -0.176. The van der Waals surface area contributed by atoms with Crippen LogP contribution in [0.5, 0.6) is 0 Å². The maximum Gasteiger partial charge on any atom is 0.263 e. The number of benzene rings is 2. The summed E-state index contributed by atoms with van der Waals surface area (Å²) in [5.74, 6) is -0.248. The van der Waals surface area contributed by atoms with Gasteiger partial charge in [-0.1, -0.05) is 48.5 Å². The fourth-order valence-corrected chi connectivity index (χ4v) is 4.25. The van der Waals surface area contributed by atoms with Gasteiger partial charge in [-0.15, -0.1) is 0 Å². The van der Waals surface area contributed by atoms with Gasteiger partial charge < -0.3 is 19.1 Å². The number of rotatable bonds is 4. The molecule has 2 atom stereocenters. The van der Waals surface area contributed by atoms with E-state index in [2.05, 4.69) is 4.90 Å². The molecule has 156 valence electrons. The highest BCUT2D eigenvalue weighted by Crippen LogP contribution is 2.31. The smallest absolute Gasteiger partial charge is 0.263 e. The highest BCUT2D eigenvalue weighted by molar-refractivity contribution is 5.97. The number of aromatic nitrogens is 1. The lowest BCUT2D eigenvalue weighted by atomic mass is 9.96. The first-order chi connectivity index (χ1) is 14.5. The molecular weight excluding hydrogens is 378 g/mol.